The van der Waals surface area contributed by atoms with E-state index in [4.69, 9.17) is 0 Å². The number of sulfonamides is 1. The van der Waals surface area contributed by atoms with E-state index in [0.29, 0.717) is 5.75 Å². The topological polar surface area (TPSA) is 75.3 Å². The zero-order valence-corrected chi connectivity index (χ0v) is 14.6. The largest absolute Gasteiger partial charge is 0.383 e. The molecule has 5 nitrogen and oxygen atoms in total. The summed E-state index contributed by atoms with van der Waals surface area (Å²) in [7, 11) is -4.24. The number of rotatable bonds is 8. The van der Waals surface area contributed by atoms with E-state index in [2.05, 4.69) is 10.0 Å². The van der Waals surface area contributed by atoms with Crippen LogP contribution in [-0.2, 0) is 20.8 Å². The molecular weight excluding hydrogens is 308 g/mol. The summed E-state index contributed by atoms with van der Waals surface area (Å²) in [5, 5.41) is 3.27. The van der Waals surface area contributed by atoms with E-state index in [1.165, 1.54) is 0 Å². The summed E-state index contributed by atoms with van der Waals surface area (Å²) in [6.07, 6.45) is 2.49. The second kappa shape index (κ2) is 7.91. The first-order valence-corrected chi connectivity index (χ1v) is 10.1. The highest BCUT2D eigenvalue weighted by Gasteiger charge is 2.15. The third-order valence-electron chi connectivity index (χ3n) is 2.81. The van der Waals surface area contributed by atoms with Gasteiger partial charge in [-0.1, -0.05) is 0 Å². The van der Waals surface area contributed by atoms with Gasteiger partial charge in [-0.3, -0.25) is 4.21 Å². The molecule has 120 valence electrons. The summed E-state index contributed by atoms with van der Waals surface area (Å²) < 4.78 is 37.6. The lowest BCUT2D eigenvalue weighted by molar-refractivity contribution is 0.570. The van der Waals surface area contributed by atoms with Gasteiger partial charge in [0.05, 0.1) is 4.90 Å². The number of hydrogen-bond acceptors (Lipinski definition) is 4. The highest BCUT2D eigenvalue weighted by Crippen LogP contribution is 2.15. The first kappa shape index (κ1) is 18.1. The smallest absolute Gasteiger partial charge is 0.240 e. The average Bonchev–Trinajstić information content (AvgIpc) is 2.35. The second-order valence-electron chi connectivity index (χ2n) is 5.41. The average molecular weight is 332 g/mol. The summed E-state index contributed by atoms with van der Waals surface area (Å²) in [6.45, 7) is 5.58. The molecule has 0 aliphatic rings. The summed E-state index contributed by atoms with van der Waals surface area (Å²) in [5.41, 5.74) is 0.855. The Morgan fingerprint density at radius 1 is 1.14 bits per heavy atom. The molecule has 0 spiro atoms. The first-order valence-electron chi connectivity index (χ1n) is 6.89. The van der Waals surface area contributed by atoms with Crippen LogP contribution in [0.4, 0.5) is 5.69 Å². The van der Waals surface area contributed by atoms with Gasteiger partial charge in [0.25, 0.3) is 0 Å². The van der Waals surface area contributed by atoms with Gasteiger partial charge in [0.15, 0.2) is 0 Å². The second-order valence-corrected chi connectivity index (χ2v) is 8.68. The zero-order chi connectivity index (χ0) is 16.0. The Morgan fingerprint density at radius 2 is 1.71 bits per heavy atom. The van der Waals surface area contributed by atoms with E-state index >= 15 is 0 Å². The van der Waals surface area contributed by atoms with Gasteiger partial charge in [0.2, 0.25) is 10.0 Å². The minimum absolute atomic E-state index is 0.136. The Balaban J connectivity index is 2.68. The lowest BCUT2D eigenvalue weighted by Crippen LogP contribution is -2.30. The monoisotopic (exact) mass is 332 g/mol. The quantitative estimate of drug-likeness (QED) is 0.763. The molecule has 1 rings (SSSR count). The normalized spacial score (nSPS) is 14.9. The van der Waals surface area contributed by atoms with E-state index in [1.54, 1.807) is 44.4 Å². The van der Waals surface area contributed by atoms with Crippen LogP contribution < -0.4 is 10.0 Å². The van der Waals surface area contributed by atoms with Crippen molar-refractivity contribution in [3.8, 4) is 0 Å². The molecule has 0 heterocycles. The minimum Gasteiger partial charge on any atom is -0.383 e. The van der Waals surface area contributed by atoms with Crippen LogP contribution >= 0.6 is 0 Å². The van der Waals surface area contributed by atoms with E-state index in [9.17, 15) is 12.6 Å². The highest BCUT2D eigenvalue weighted by molar-refractivity contribution is 7.89. The highest BCUT2D eigenvalue weighted by atomic mass is 32.2. The van der Waals surface area contributed by atoms with Gasteiger partial charge in [-0.25, -0.2) is 13.1 Å². The third-order valence-corrected chi connectivity index (χ3v) is 5.29. The van der Waals surface area contributed by atoms with Crippen molar-refractivity contribution in [2.45, 2.75) is 44.2 Å². The molecule has 0 aliphatic carbocycles. The standard InChI is InChI=1S/C14H24N2O3S2/c1-11(2)16-21(18,19)14-7-5-13(6-8-14)15-12(3)9-10-20(4)17/h5-8,11-12,15-16H,9-10H2,1-4H3. The summed E-state index contributed by atoms with van der Waals surface area (Å²) >= 11 is 0. The van der Waals surface area contributed by atoms with Crippen LogP contribution in [0.1, 0.15) is 27.2 Å². The van der Waals surface area contributed by atoms with Gasteiger partial charge in [-0.2, -0.15) is 0 Å². The molecule has 0 saturated heterocycles. The van der Waals surface area contributed by atoms with Crippen LogP contribution in [0.25, 0.3) is 0 Å². The van der Waals surface area contributed by atoms with Crippen molar-refractivity contribution in [3.63, 3.8) is 0 Å². The van der Waals surface area contributed by atoms with Crippen LogP contribution in [0, 0.1) is 0 Å². The van der Waals surface area contributed by atoms with Gasteiger partial charge in [-0.05, 0) is 51.5 Å². The van der Waals surface area contributed by atoms with Crippen molar-refractivity contribution >= 4 is 26.5 Å². The fourth-order valence-electron chi connectivity index (χ4n) is 1.81. The van der Waals surface area contributed by atoms with Crippen molar-refractivity contribution in [2.24, 2.45) is 0 Å². The van der Waals surface area contributed by atoms with Crippen molar-refractivity contribution in [1.82, 2.24) is 4.72 Å². The fourth-order valence-corrected chi connectivity index (χ4v) is 3.74. The molecule has 2 atom stereocenters. The third kappa shape index (κ3) is 6.58. The maximum Gasteiger partial charge on any atom is 0.240 e. The fraction of sp³-hybridized carbons (Fsp3) is 0.571. The Morgan fingerprint density at radius 3 is 2.19 bits per heavy atom. The van der Waals surface area contributed by atoms with Gasteiger partial charge < -0.3 is 5.32 Å². The van der Waals surface area contributed by atoms with Gasteiger partial charge in [-0.15, -0.1) is 0 Å². The Bertz CT molecular complexity index is 568. The molecule has 0 radical (unpaired) electrons. The van der Waals surface area contributed by atoms with Crippen molar-refractivity contribution < 1.29 is 12.6 Å². The van der Waals surface area contributed by atoms with Gasteiger partial charge >= 0.3 is 0 Å². The molecule has 7 heteroatoms. The Labute approximate surface area is 130 Å². The SMILES string of the molecule is CC(C)NS(=O)(=O)c1ccc(NC(C)CCS(C)=O)cc1. The van der Waals surface area contributed by atoms with Crippen molar-refractivity contribution in [3.05, 3.63) is 24.3 Å². The van der Waals surface area contributed by atoms with Gasteiger partial charge in [0.1, 0.15) is 0 Å². The van der Waals surface area contributed by atoms with Crippen molar-refractivity contribution in [2.75, 3.05) is 17.3 Å². The number of anilines is 1. The molecule has 0 aromatic heterocycles. The van der Waals surface area contributed by atoms with E-state index in [0.717, 1.165) is 12.1 Å². The lowest BCUT2D eigenvalue weighted by atomic mass is 10.2. The summed E-state index contributed by atoms with van der Waals surface area (Å²) in [6, 6.07) is 6.70. The summed E-state index contributed by atoms with van der Waals surface area (Å²) in [5.74, 6) is 0.652. The maximum atomic E-state index is 12.0. The van der Waals surface area contributed by atoms with Gasteiger partial charge in [0, 0.05) is 40.6 Å². The molecular formula is C14H24N2O3S2. The predicted octanol–water partition coefficient (Wildman–Crippen LogP) is 1.94. The molecule has 1 aromatic carbocycles. The number of nitrogens with one attached hydrogen (secondary N) is 2. The van der Waals surface area contributed by atoms with Crippen LogP contribution in [0.3, 0.4) is 0 Å². The molecule has 1 aromatic rings. The predicted molar refractivity (Wildman–Crippen MR) is 88.5 cm³/mol. The minimum atomic E-state index is -3.44. The number of hydrogen-bond donors (Lipinski definition) is 2. The van der Waals surface area contributed by atoms with E-state index < -0.39 is 20.8 Å². The van der Waals surface area contributed by atoms with Crippen LogP contribution in [0.2, 0.25) is 0 Å². The van der Waals surface area contributed by atoms with Crippen LogP contribution in [0.15, 0.2) is 29.2 Å². The molecule has 0 amide bonds. The molecule has 0 bridgehead atoms. The molecule has 2 unspecified atom stereocenters. The molecule has 0 saturated carbocycles. The zero-order valence-electron chi connectivity index (χ0n) is 12.9. The van der Waals surface area contributed by atoms with E-state index in [-0.39, 0.29) is 17.0 Å². The maximum absolute atomic E-state index is 12.0. The Hall–Kier alpha value is -0.920. The van der Waals surface area contributed by atoms with Crippen LogP contribution in [0.5, 0.6) is 0 Å². The molecule has 0 fully saturated rings. The Kier molecular flexibility index (Phi) is 6.83. The first-order chi connectivity index (χ1) is 9.70. The molecule has 21 heavy (non-hydrogen) atoms. The molecule has 2 N–H and O–H groups in total. The van der Waals surface area contributed by atoms with Crippen LogP contribution in [-0.4, -0.2) is 36.7 Å². The lowest BCUT2D eigenvalue weighted by Gasteiger charge is -2.15. The summed E-state index contributed by atoms with van der Waals surface area (Å²) in [4.78, 5) is 0.254. The van der Waals surface area contributed by atoms with E-state index in [1.807, 2.05) is 6.92 Å². The van der Waals surface area contributed by atoms with Crippen molar-refractivity contribution in [1.29, 1.82) is 0 Å². The molecule has 0 aliphatic heterocycles. The number of benzene rings is 1.